The third-order valence-electron chi connectivity index (χ3n) is 3.73. The van der Waals surface area contributed by atoms with Crippen LogP contribution in [0.5, 0.6) is 0 Å². The number of nitrogens with zero attached hydrogens (tertiary/aromatic N) is 2. The lowest BCUT2D eigenvalue weighted by Gasteiger charge is -2.19. The zero-order valence-corrected chi connectivity index (χ0v) is 14.3. The van der Waals surface area contributed by atoms with Crippen molar-refractivity contribution in [3.8, 4) is 0 Å². The second-order valence-corrected chi connectivity index (χ2v) is 6.54. The van der Waals surface area contributed by atoms with E-state index in [0.717, 1.165) is 10.4 Å². The van der Waals surface area contributed by atoms with E-state index in [1.807, 2.05) is 28.3 Å². The third kappa shape index (κ3) is 4.23. The number of carbonyl (C=O) groups excluding carboxylic acids is 1. The fraction of sp³-hybridized carbons (Fsp3) is 0.222. The van der Waals surface area contributed by atoms with Gasteiger partial charge in [-0.15, -0.1) is 11.3 Å². The fourth-order valence-electron chi connectivity index (χ4n) is 2.43. The van der Waals surface area contributed by atoms with Gasteiger partial charge >= 0.3 is 6.03 Å². The molecular formula is C18H20N4OS. The van der Waals surface area contributed by atoms with Crippen molar-refractivity contribution in [2.75, 3.05) is 6.54 Å². The molecule has 0 saturated heterocycles. The Bertz CT molecular complexity index is 751. The summed E-state index contributed by atoms with van der Waals surface area (Å²) in [6.07, 6.45) is 5.34. The molecule has 1 aromatic carbocycles. The summed E-state index contributed by atoms with van der Waals surface area (Å²) in [6, 6.07) is 12.0. The second kappa shape index (κ2) is 7.79. The zero-order valence-electron chi connectivity index (χ0n) is 13.5. The normalized spacial score (nSPS) is 11.9. The minimum Gasteiger partial charge on any atom is -0.336 e. The van der Waals surface area contributed by atoms with E-state index in [1.165, 1.54) is 5.56 Å². The summed E-state index contributed by atoms with van der Waals surface area (Å²) in [5, 5.41) is 7.99. The lowest BCUT2D eigenvalue weighted by atomic mass is 10.0. The van der Waals surface area contributed by atoms with Gasteiger partial charge in [-0.2, -0.15) is 0 Å². The van der Waals surface area contributed by atoms with E-state index in [9.17, 15) is 4.79 Å². The van der Waals surface area contributed by atoms with E-state index in [4.69, 9.17) is 0 Å². The first-order valence-corrected chi connectivity index (χ1v) is 8.70. The highest BCUT2D eigenvalue weighted by Gasteiger charge is 2.17. The number of rotatable bonds is 6. The van der Waals surface area contributed by atoms with Crippen LogP contribution in [0.1, 0.15) is 22.0 Å². The van der Waals surface area contributed by atoms with Crippen molar-refractivity contribution < 1.29 is 4.79 Å². The Kier molecular flexibility index (Phi) is 5.28. The highest BCUT2D eigenvalue weighted by atomic mass is 32.1. The Morgan fingerprint density at radius 3 is 2.79 bits per heavy atom. The molecule has 1 atom stereocenters. The van der Waals surface area contributed by atoms with Crippen LogP contribution in [-0.4, -0.2) is 22.1 Å². The fourth-order valence-corrected chi connectivity index (χ4v) is 3.24. The maximum atomic E-state index is 12.3. The predicted molar refractivity (Wildman–Crippen MR) is 96.1 cm³/mol. The number of aryl methyl sites for hydroxylation is 1. The van der Waals surface area contributed by atoms with Crippen molar-refractivity contribution >= 4 is 17.4 Å². The van der Waals surface area contributed by atoms with E-state index in [2.05, 4.69) is 46.8 Å². The molecule has 0 aliphatic carbocycles. The molecule has 1 unspecified atom stereocenters. The largest absolute Gasteiger partial charge is 0.336 e. The summed E-state index contributed by atoms with van der Waals surface area (Å²) in [6.45, 7) is 3.30. The van der Waals surface area contributed by atoms with Crippen molar-refractivity contribution in [2.24, 2.45) is 0 Å². The van der Waals surface area contributed by atoms with Crippen LogP contribution in [0.15, 0.2) is 60.5 Å². The summed E-state index contributed by atoms with van der Waals surface area (Å²) >= 11 is 1.64. The summed E-state index contributed by atoms with van der Waals surface area (Å²) in [7, 11) is 0. The molecule has 0 saturated carbocycles. The van der Waals surface area contributed by atoms with Crippen LogP contribution in [0, 0.1) is 6.92 Å². The number of carbonyl (C=O) groups is 1. The molecule has 0 bridgehead atoms. The van der Waals surface area contributed by atoms with Crippen molar-refractivity contribution in [3.63, 3.8) is 0 Å². The van der Waals surface area contributed by atoms with E-state index < -0.39 is 0 Å². The van der Waals surface area contributed by atoms with Gasteiger partial charge in [-0.05, 0) is 23.9 Å². The lowest BCUT2D eigenvalue weighted by molar-refractivity contribution is 0.238. The first-order valence-electron chi connectivity index (χ1n) is 7.82. The molecule has 2 heterocycles. The molecule has 0 aliphatic heterocycles. The number of thiophene rings is 1. The van der Waals surface area contributed by atoms with Crippen molar-refractivity contribution in [1.82, 2.24) is 20.2 Å². The number of benzene rings is 1. The van der Waals surface area contributed by atoms with Crippen LogP contribution in [-0.2, 0) is 6.54 Å². The average Bonchev–Trinajstić information content (AvgIpc) is 3.27. The summed E-state index contributed by atoms with van der Waals surface area (Å²) in [5.74, 6) is 0. The molecule has 2 aromatic heterocycles. The standard InChI is InChI=1S/C18H20N4OS/c1-14-4-6-15(7-5-14)17(16-3-2-12-24-16)21-18(23)20-9-11-22-10-8-19-13-22/h2-8,10,12-13,17H,9,11H2,1H3,(H2,20,21,23). The smallest absolute Gasteiger partial charge is 0.315 e. The quantitative estimate of drug-likeness (QED) is 0.723. The van der Waals surface area contributed by atoms with Crippen LogP contribution in [0.2, 0.25) is 0 Å². The molecule has 3 rings (SSSR count). The van der Waals surface area contributed by atoms with E-state index in [0.29, 0.717) is 13.1 Å². The van der Waals surface area contributed by atoms with Gasteiger partial charge in [0, 0.05) is 30.4 Å². The number of hydrogen-bond acceptors (Lipinski definition) is 3. The van der Waals surface area contributed by atoms with Gasteiger partial charge in [-0.25, -0.2) is 9.78 Å². The molecular weight excluding hydrogens is 320 g/mol. The van der Waals surface area contributed by atoms with Gasteiger partial charge in [0.05, 0.1) is 12.4 Å². The van der Waals surface area contributed by atoms with Gasteiger partial charge in [0.2, 0.25) is 0 Å². The Morgan fingerprint density at radius 1 is 1.29 bits per heavy atom. The zero-order chi connectivity index (χ0) is 16.8. The Morgan fingerprint density at radius 2 is 2.12 bits per heavy atom. The van der Waals surface area contributed by atoms with Crippen molar-refractivity contribution in [2.45, 2.75) is 19.5 Å². The Hall–Kier alpha value is -2.60. The van der Waals surface area contributed by atoms with E-state index in [1.54, 1.807) is 23.9 Å². The number of aromatic nitrogens is 2. The van der Waals surface area contributed by atoms with Gasteiger partial charge < -0.3 is 15.2 Å². The number of nitrogens with one attached hydrogen (secondary N) is 2. The third-order valence-corrected chi connectivity index (χ3v) is 4.67. The van der Waals surface area contributed by atoms with Gasteiger partial charge in [-0.3, -0.25) is 0 Å². The monoisotopic (exact) mass is 340 g/mol. The molecule has 5 nitrogen and oxygen atoms in total. The van der Waals surface area contributed by atoms with Crippen LogP contribution in [0.3, 0.4) is 0 Å². The molecule has 3 aromatic rings. The van der Waals surface area contributed by atoms with Gasteiger partial charge in [0.25, 0.3) is 0 Å². The molecule has 0 aliphatic rings. The molecule has 2 N–H and O–H groups in total. The highest BCUT2D eigenvalue weighted by molar-refractivity contribution is 7.10. The highest BCUT2D eigenvalue weighted by Crippen LogP contribution is 2.26. The average molecular weight is 340 g/mol. The molecule has 0 spiro atoms. The minimum atomic E-state index is -0.172. The maximum Gasteiger partial charge on any atom is 0.315 e. The molecule has 0 radical (unpaired) electrons. The topological polar surface area (TPSA) is 59.0 Å². The number of imidazole rings is 1. The van der Waals surface area contributed by atoms with Crippen molar-refractivity contribution in [3.05, 3.63) is 76.5 Å². The van der Waals surface area contributed by atoms with Crippen LogP contribution in [0.4, 0.5) is 4.79 Å². The molecule has 24 heavy (non-hydrogen) atoms. The number of amides is 2. The first kappa shape index (κ1) is 16.3. The van der Waals surface area contributed by atoms with Crippen molar-refractivity contribution in [1.29, 1.82) is 0 Å². The summed E-state index contributed by atoms with van der Waals surface area (Å²) < 4.78 is 1.93. The van der Waals surface area contributed by atoms with Gasteiger partial charge in [0.1, 0.15) is 0 Å². The van der Waals surface area contributed by atoms with Crippen LogP contribution >= 0.6 is 11.3 Å². The van der Waals surface area contributed by atoms with Crippen LogP contribution in [0.25, 0.3) is 0 Å². The van der Waals surface area contributed by atoms with Crippen LogP contribution < -0.4 is 10.6 Å². The molecule has 2 amide bonds. The molecule has 6 heteroatoms. The van der Waals surface area contributed by atoms with Gasteiger partial charge in [-0.1, -0.05) is 35.9 Å². The second-order valence-electron chi connectivity index (χ2n) is 5.56. The molecule has 0 fully saturated rings. The number of hydrogen-bond donors (Lipinski definition) is 2. The first-order chi connectivity index (χ1) is 11.7. The predicted octanol–water partition coefficient (Wildman–Crippen LogP) is 3.34. The summed E-state index contributed by atoms with van der Waals surface area (Å²) in [5.41, 5.74) is 2.28. The van der Waals surface area contributed by atoms with E-state index in [-0.39, 0.29) is 12.1 Å². The molecule has 124 valence electrons. The summed E-state index contributed by atoms with van der Waals surface area (Å²) in [4.78, 5) is 17.4. The maximum absolute atomic E-state index is 12.3. The van der Waals surface area contributed by atoms with Gasteiger partial charge in [0.15, 0.2) is 0 Å². The lowest BCUT2D eigenvalue weighted by Crippen LogP contribution is -2.39. The SMILES string of the molecule is Cc1ccc(C(NC(=O)NCCn2ccnc2)c2cccs2)cc1. The Balaban J connectivity index is 1.63. The van der Waals surface area contributed by atoms with E-state index >= 15 is 0 Å². The number of urea groups is 1. The minimum absolute atomic E-state index is 0.140. The Labute approximate surface area is 145 Å².